The van der Waals surface area contributed by atoms with Crippen molar-refractivity contribution in [3.63, 3.8) is 0 Å². The first-order valence-corrected chi connectivity index (χ1v) is 11.6. The Kier molecular flexibility index (Phi) is 7.06. The molecular weight excluding hydrogens is 429 g/mol. The van der Waals surface area contributed by atoms with Gasteiger partial charge in [-0.3, -0.25) is 4.79 Å². The van der Waals surface area contributed by atoms with Crippen molar-refractivity contribution in [2.24, 2.45) is 5.92 Å². The Bertz CT molecular complexity index is 1030. The number of carbonyl (C=O) groups excluding carboxylic acids is 1. The van der Waals surface area contributed by atoms with E-state index in [9.17, 15) is 26.4 Å². The van der Waals surface area contributed by atoms with Gasteiger partial charge in [0.25, 0.3) is 0 Å². The van der Waals surface area contributed by atoms with Crippen molar-refractivity contribution in [3.8, 4) is 0 Å². The molecule has 168 valence electrons. The van der Waals surface area contributed by atoms with Crippen LogP contribution in [0.5, 0.6) is 0 Å². The first-order chi connectivity index (χ1) is 14.5. The summed E-state index contributed by atoms with van der Waals surface area (Å²) in [5, 5.41) is 2.67. The van der Waals surface area contributed by atoms with E-state index in [0.29, 0.717) is 18.4 Å². The Morgan fingerprint density at radius 2 is 1.71 bits per heavy atom. The topological polar surface area (TPSA) is 66.5 Å². The zero-order chi connectivity index (χ0) is 22.6. The number of alkyl halides is 3. The molecule has 0 bridgehead atoms. The largest absolute Gasteiger partial charge is 0.416 e. The van der Waals surface area contributed by atoms with Crippen LogP contribution in [0.25, 0.3) is 0 Å². The van der Waals surface area contributed by atoms with Gasteiger partial charge in [-0.05, 0) is 43.0 Å². The van der Waals surface area contributed by atoms with Gasteiger partial charge in [-0.1, -0.05) is 42.0 Å². The number of sulfonamides is 1. The summed E-state index contributed by atoms with van der Waals surface area (Å²) in [5.41, 5.74) is 1.32. The Morgan fingerprint density at radius 1 is 1.06 bits per heavy atom. The van der Waals surface area contributed by atoms with Crippen LogP contribution in [0.4, 0.5) is 13.2 Å². The number of nitrogens with zero attached hydrogens (tertiary/aromatic N) is 1. The fraction of sp³-hybridized carbons (Fsp3) is 0.409. The molecule has 31 heavy (non-hydrogen) atoms. The van der Waals surface area contributed by atoms with E-state index >= 15 is 0 Å². The zero-order valence-corrected chi connectivity index (χ0v) is 18.0. The number of benzene rings is 2. The van der Waals surface area contributed by atoms with Crippen LogP contribution in [0.3, 0.4) is 0 Å². The fourth-order valence-electron chi connectivity index (χ4n) is 3.69. The highest BCUT2D eigenvalue weighted by Crippen LogP contribution is 2.29. The van der Waals surface area contributed by atoms with Gasteiger partial charge in [0.15, 0.2) is 0 Å². The van der Waals surface area contributed by atoms with Crippen molar-refractivity contribution in [1.82, 2.24) is 9.62 Å². The highest BCUT2D eigenvalue weighted by Gasteiger charge is 2.32. The van der Waals surface area contributed by atoms with Crippen LogP contribution in [0.2, 0.25) is 0 Å². The SMILES string of the molecule is Cc1cccc(CS(=O)(=O)N2CCC(C(=O)NCc3cccc(C(F)(F)F)c3)CC2)c1. The van der Waals surface area contributed by atoms with Crippen molar-refractivity contribution in [3.05, 3.63) is 70.8 Å². The first-order valence-electron chi connectivity index (χ1n) is 10.0. The summed E-state index contributed by atoms with van der Waals surface area (Å²) in [5.74, 6) is -0.717. The standard InChI is InChI=1S/C22H25F3N2O3S/c1-16-4-2-6-18(12-16)15-31(29,30)27-10-8-19(9-11-27)21(28)26-14-17-5-3-7-20(13-17)22(23,24)25/h2-7,12-13,19H,8-11,14-15H2,1H3,(H,26,28). The smallest absolute Gasteiger partial charge is 0.352 e. The fourth-order valence-corrected chi connectivity index (χ4v) is 5.24. The summed E-state index contributed by atoms with van der Waals surface area (Å²) >= 11 is 0. The quantitative estimate of drug-likeness (QED) is 0.721. The summed E-state index contributed by atoms with van der Waals surface area (Å²) in [4.78, 5) is 12.4. The molecule has 5 nitrogen and oxygen atoms in total. The lowest BCUT2D eigenvalue weighted by atomic mass is 9.97. The van der Waals surface area contributed by atoms with Gasteiger partial charge in [0, 0.05) is 25.6 Å². The van der Waals surface area contributed by atoms with Crippen LogP contribution in [0, 0.1) is 12.8 Å². The molecule has 1 N–H and O–H groups in total. The number of rotatable bonds is 6. The Balaban J connectivity index is 1.52. The molecule has 0 radical (unpaired) electrons. The molecule has 0 atom stereocenters. The number of hydrogen-bond acceptors (Lipinski definition) is 3. The van der Waals surface area contributed by atoms with Gasteiger partial charge in [-0.25, -0.2) is 12.7 Å². The van der Waals surface area contributed by atoms with E-state index in [2.05, 4.69) is 5.32 Å². The molecular formula is C22H25F3N2O3S. The van der Waals surface area contributed by atoms with Crippen LogP contribution in [-0.2, 0) is 33.3 Å². The lowest BCUT2D eigenvalue weighted by Crippen LogP contribution is -2.43. The number of hydrogen-bond donors (Lipinski definition) is 1. The van der Waals surface area contributed by atoms with Gasteiger partial charge >= 0.3 is 6.18 Å². The Labute approximate surface area is 180 Å². The average Bonchev–Trinajstić information content (AvgIpc) is 2.71. The molecule has 1 aliphatic heterocycles. The summed E-state index contributed by atoms with van der Waals surface area (Å²) in [6.45, 7) is 2.39. The molecule has 9 heteroatoms. The highest BCUT2D eigenvalue weighted by molar-refractivity contribution is 7.88. The molecule has 1 fully saturated rings. The lowest BCUT2D eigenvalue weighted by molar-refractivity contribution is -0.137. The summed E-state index contributed by atoms with van der Waals surface area (Å²) in [6.07, 6.45) is -3.68. The summed E-state index contributed by atoms with van der Waals surface area (Å²) in [7, 11) is -3.48. The van der Waals surface area contributed by atoms with Crippen molar-refractivity contribution in [2.75, 3.05) is 13.1 Å². The minimum Gasteiger partial charge on any atom is -0.352 e. The van der Waals surface area contributed by atoms with Crippen LogP contribution in [-0.4, -0.2) is 31.7 Å². The Morgan fingerprint density at radius 3 is 2.35 bits per heavy atom. The number of nitrogens with one attached hydrogen (secondary N) is 1. The maximum atomic E-state index is 12.8. The second kappa shape index (κ2) is 9.40. The molecule has 1 amide bonds. The van der Waals surface area contributed by atoms with E-state index in [1.807, 2.05) is 25.1 Å². The van der Waals surface area contributed by atoms with Crippen LogP contribution >= 0.6 is 0 Å². The van der Waals surface area contributed by atoms with Crippen molar-refractivity contribution in [2.45, 2.75) is 38.2 Å². The van der Waals surface area contributed by atoms with E-state index in [4.69, 9.17) is 0 Å². The molecule has 1 aliphatic rings. The molecule has 0 aliphatic carbocycles. The Hall–Kier alpha value is -2.39. The second-order valence-corrected chi connectivity index (χ2v) is 9.80. The van der Waals surface area contributed by atoms with E-state index < -0.39 is 21.8 Å². The molecule has 1 heterocycles. The number of amides is 1. The van der Waals surface area contributed by atoms with Crippen LogP contribution in [0.1, 0.15) is 35.1 Å². The minimum atomic E-state index is -4.43. The van der Waals surface area contributed by atoms with Crippen molar-refractivity contribution >= 4 is 15.9 Å². The van der Waals surface area contributed by atoms with Crippen molar-refractivity contribution < 1.29 is 26.4 Å². The second-order valence-electron chi connectivity index (χ2n) is 7.83. The van der Waals surface area contributed by atoms with E-state index in [1.165, 1.54) is 16.4 Å². The molecule has 0 spiro atoms. The monoisotopic (exact) mass is 454 g/mol. The van der Waals surface area contributed by atoms with Gasteiger partial charge in [0.05, 0.1) is 11.3 Å². The first kappa shape index (κ1) is 23.3. The van der Waals surface area contributed by atoms with E-state index in [-0.39, 0.29) is 37.2 Å². The van der Waals surface area contributed by atoms with Gasteiger partial charge in [0.1, 0.15) is 0 Å². The molecule has 2 aromatic rings. The highest BCUT2D eigenvalue weighted by atomic mass is 32.2. The van der Waals surface area contributed by atoms with Gasteiger partial charge in [0.2, 0.25) is 15.9 Å². The number of piperidine rings is 1. The number of halogens is 3. The van der Waals surface area contributed by atoms with E-state index in [1.54, 1.807) is 6.07 Å². The lowest BCUT2D eigenvalue weighted by Gasteiger charge is -2.30. The maximum Gasteiger partial charge on any atom is 0.416 e. The van der Waals surface area contributed by atoms with Crippen LogP contribution in [0.15, 0.2) is 48.5 Å². The molecule has 0 unspecified atom stereocenters. The predicted octanol–water partition coefficient (Wildman–Crippen LogP) is 3.87. The third-order valence-electron chi connectivity index (χ3n) is 5.37. The number of aryl methyl sites for hydroxylation is 1. The molecule has 1 saturated heterocycles. The third kappa shape index (κ3) is 6.30. The normalized spacial score (nSPS) is 16.3. The third-order valence-corrected chi connectivity index (χ3v) is 7.22. The van der Waals surface area contributed by atoms with Gasteiger partial charge in [-0.2, -0.15) is 13.2 Å². The summed E-state index contributed by atoms with van der Waals surface area (Å²) in [6, 6.07) is 12.2. The van der Waals surface area contributed by atoms with Gasteiger partial charge in [-0.15, -0.1) is 0 Å². The van der Waals surface area contributed by atoms with Crippen LogP contribution < -0.4 is 5.32 Å². The van der Waals surface area contributed by atoms with Crippen molar-refractivity contribution in [1.29, 1.82) is 0 Å². The van der Waals surface area contributed by atoms with E-state index in [0.717, 1.165) is 23.3 Å². The molecule has 0 saturated carbocycles. The molecule has 2 aromatic carbocycles. The molecule has 3 rings (SSSR count). The number of carbonyl (C=O) groups is 1. The average molecular weight is 455 g/mol. The maximum absolute atomic E-state index is 12.8. The zero-order valence-electron chi connectivity index (χ0n) is 17.2. The van der Waals surface area contributed by atoms with Gasteiger partial charge < -0.3 is 5.32 Å². The predicted molar refractivity (Wildman–Crippen MR) is 111 cm³/mol. The molecule has 0 aromatic heterocycles. The minimum absolute atomic E-state index is 0.00533. The summed E-state index contributed by atoms with van der Waals surface area (Å²) < 4.78 is 65.2.